The van der Waals surface area contributed by atoms with E-state index >= 15 is 0 Å². The lowest BCUT2D eigenvalue weighted by molar-refractivity contribution is -0.387. The highest BCUT2D eigenvalue weighted by Gasteiger charge is 2.34. The second-order valence-electron chi connectivity index (χ2n) is 2.75. The van der Waals surface area contributed by atoms with E-state index < -0.39 is 34.0 Å². The molecular weight excluding hydrogens is 269 g/mol. The molecule has 10 heteroatoms. The number of nitro groups is 1. The van der Waals surface area contributed by atoms with Crippen LogP contribution in [0.5, 0.6) is 5.75 Å². The van der Waals surface area contributed by atoms with E-state index in [2.05, 4.69) is 9.72 Å². The molecule has 0 aliphatic carbocycles. The van der Waals surface area contributed by atoms with Crippen LogP contribution in [0.3, 0.4) is 0 Å². The summed E-state index contributed by atoms with van der Waals surface area (Å²) >= 11 is 5.30. The van der Waals surface area contributed by atoms with Crippen molar-refractivity contribution < 1.29 is 22.8 Å². The van der Waals surface area contributed by atoms with Gasteiger partial charge >= 0.3 is 17.5 Å². The molecule has 0 spiro atoms. The van der Waals surface area contributed by atoms with Crippen molar-refractivity contribution in [3.05, 3.63) is 32.2 Å². The van der Waals surface area contributed by atoms with Gasteiger partial charge in [0, 0.05) is 6.20 Å². The summed E-state index contributed by atoms with van der Waals surface area (Å²) in [6.45, 7) is 0. The summed E-state index contributed by atoms with van der Waals surface area (Å²) in [7, 11) is 0. The van der Waals surface area contributed by atoms with E-state index in [-0.39, 0.29) is 5.69 Å². The summed E-state index contributed by atoms with van der Waals surface area (Å²) in [6.07, 6.45) is -4.54. The number of ether oxygens (including phenoxy) is 1. The quantitative estimate of drug-likeness (QED) is 0.517. The Kier molecular flexibility index (Phi) is 3.61. The molecule has 0 aromatic carbocycles. The van der Waals surface area contributed by atoms with Crippen LogP contribution in [0.1, 0.15) is 5.69 Å². The van der Waals surface area contributed by atoms with Crippen molar-refractivity contribution in [3.8, 4) is 5.75 Å². The lowest BCUT2D eigenvalue weighted by atomic mass is 10.3. The van der Waals surface area contributed by atoms with Gasteiger partial charge in [0.15, 0.2) is 5.75 Å². The van der Waals surface area contributed by atoms with E-state index in [1.165, 1.54) is 0 Å². The second-order valence-corrected chi connectivity index (χ2v) is 3.02. The number of aromatic nitrogens is 1. The van der Waals surface area contributed by atoms with Crippen molar-refractivity contribution in [1.82, 2.24) is 4.98 Å². The largest absolute Gasteiger partial charge is 0.573 e. The fourth-order valence-corrected chi connectivity index (χ4v) is 1.24. The van der Waals surface area contributed by atoms with Crippen molar-refractivity contribution in [2.45, 2.75) is 12.2 Å². The molecule has 1 aromatic rings. The van der Waals surface area contributed by atoms with Crippen LogP contribution in [0.4, 0.5) is 18.9 Å². The van der Waals surface area contributed by atoms with Crippen LogP contribution in [0.25, 0.3) is 0 Å². The van der Waals surface area contributed by atoms with E-state index in [4.69, 9.17) is 11.6 Å². The Hall–Kier alpha value is -1.77. The molecule has 0 saturated carbocycles. The van der Waals surface area contributed by atoms with Crippen molar-refractivity contribution in [1.29, 1.82) is 0 Å². The highest BCUT2D eigenvalue weighted by molar-refractivity contribution is 6.17. The summed E-state index contributed by atoms with van der Waals surface area (Å²) in [5.41, 5.74) is -2.85. The molecule has 1 aromatic heterocycles. The summed E-state index contributed by atoms with van der Waals surface area (Å²) < 4.78 is 38.9. The molecule has 0 bridgehead atoms. The van der Waals surface area contributed by atoms with Gasteiger partial charge in [0.2, 0.25) is 0 Å². The fraction of sp³-hybridized carbons (Fsp3) is 0.286. The Morgan fingerprint density at radius 1 is 1.53 bits per heavy atom. The minimum atomic E-state index is -5.11. The van der Waals surface area contributed by atoms with Gasteiger partial charge in [0.05, 0.1) is 10.8 Å². The first-order chi connectivity index (χ1) is 7.76. The van der Waals surface area contributed by atoms with Crippen molar-refractivity contribution in [3.63, 3.8) is 0 Å². The maximum atomic E-state index is 11.9. The maximum Gasteiger partial charge on any atom is 0.573 e. The minimum Gasteiger partial charge on any atom is -0.400 e. The molecule has 0 radical (unpaired) electrons. The van der Waals surface area contributed by atoms with Crippen molar-refractivity contribution >= 4 is 17.3 Å². The number of nitrogens with zero attached hydrogens (tertiary/aromatic N) is 1. The Bertz CT molecular complexity index is 499. The molecule has 1 rings (SSSR count). The van der Waals surface area contributed by atoms with Gasteiger partial charge in [-0.2, -0.15) is 0 Å². The van der Waals surface area contributed by atoms with Crippen LogP contribution in [-0.4, -0.2) is 16.3 Å². The SMILES string of the molecule is O=c1c(OC(F)(F)F)c[nH]c(CCl)c1[N+](=O)[O-]. The van der Waals surface area contributed by atoms with Crippen LogP contribution in [0, 0.1) is 10.1 Å². The molecule has 1 N–H and O–H groups in total. The predicted molar refractivity (Wildman–Crippen MR) is 50.0 cm³/mol. The zero-order valence-electron chi connectivity index (χ0n) is 7.88. The average molecular weight is 273 g/mol. The standard InChI is InChI=1S/C7H4ClF3N2O4/c8-1-3-5(13(15)16)6(14)4(2-12-3)17-7(9,10)11/h2H,1H2,(H,12,14). The molecule has 0 saturated heterocycles. The first kappa shape index (κ1) is 13.3. The Balaban J connectivity index is 3.34. The summed E-state index contributed by atoms with van der Waals surface area (Å²) in [5, 5.41) is 10.5. The van der Waals surface area contributed by atoms with Gasteiger partial charge in [-0.3, -0.25) is 14.9 Å². The fourth-order valence-electron chi connectivity index (χ4n) is 1.04. The van der Waals surface area contributed by atoms with Crippen molar-refractivity contribution in [2.24, 2.45) is 0 Å². The molecule has 94 valence electrons. The number of halogens is 4. The van der Waals surface area contributed by atoms with E-state index in [0.717, 1.165) is 0 Å². The van der Waals surface area contributed by atoms with Crippen LogP contribution in [0.2, 0.25) is 0 Å². The zero-order chi connectivity index (χ0) is 13.2. The number of alkyl halides is 4. The number of aromatic amines is 1. The molecule has 0 atom stereocenters. The third-order valence-electron chi connectivity index (χ3n) is 1.64. The van der Waals surface area contributed by atoms with E-state index in [1.54, 1.807) is 0 Å². The smallest absolute Gasteiger partial charge is 0.400 e. The Morgan fingerprint density at radius 2 is 2.12 bits per heavy atom. The normalized spacial score (nSPS) is 11.3. The lowest BCUT2D eigenvalue weighted by Crippen LogP contribution is -2.23. The van der Waals surface area contributed by atoms with Gasteiger partial charge in [-0.1, -0.05) is 0 Å². The summed E-state index contributed by atoms with van der Waals surface area (Å²) in [4.78, 5) is 22.8. The van der Waals surface area contributed by atoms with Crippen LogP contribution in [0.15, 0.2) is 11.0 Å². The number of pyridine rings is 1. The number of nitrogens with one attached hydrogen (secondary N) is 1. The van der Waals surface area contributed by atoms with E-state index in [0.29, 0.717) is 6.20 Å². The molecule has 0 fully saturated rings. The molecule has 1 heterocycles. The zero-order valence-corrected chi connectivity index (χ0v) is 8.63. The lowest BCUT2D eigenvalue weighted by Gasteiger charge is -2.08. The van der Waals surface area contributed by atoms with E-state index in [1.807, 2.05) is 0 Å². The maximum absolute atomic E-state index is 11.9. The van der Waals surface area contributed by atoms with E-state index in [9.17, 15) is 28.1 Å². The van der Waals surface area contributed by atoms with Gasteiger partial charge in [0.25, 0.3) is 0 Å². The summed E-state index contributed by atoms with van der Waals surface area (Å²) in [6, 6.07) is 0. The van der Waals surface area contributed by atoms with Crippen LogP contribution in [-0.2, 0) is 5.88 Å². The molecule has 0 unspecified atom stereocenters. The summed E-state index contributed by atoms with van der Waals surface area (Å²) in [5.74, 6) is -1.63. The predicted octanol–water partition coefficient (Wildman–Crippen LogP) is 1.92. The first-order valence-electron chi connectivity index (χ1n) is 3.97. The van der Waals surface area contributed by atoms with Crippen LogP contribution < -0.4 is 10.2 Å². The third-order valence-corrected chi connectivity index (χ3v) is 1.91. The van der Waals surface area contributed by atoms with Gasteiger partial charge in [0.1, 0.15) is 5.69 Å². The first-order valence-corrected chi connectivity index (χ1v) is 4.50. The molecule has 6 nitrogen and oxygen atoms in total. The molecule has 0 aliphatic heterocycles. The molecule has 17 heavy (non-hydrogen) atoms. The topological polar surface area (TPSA) is 85.2 Å². The Morgan fingerprint density at radius 3 is 2.53 bits per heavy atom. The highest BCUT2D eigenvalue weighted by atomic mass is 35.5. The number of hydrogen-bond acceptors (Lipinski definition) is 4. The third kappa shape index (κ3) is 3.09. The van der Waals surface area contributed by atoms with Crippen LogP contribution >= 0.6 is 11.6 Å². The minimum absolute atomic E-state index is 0.295. The number of hydrogen-bond donors (Lipinski definition) is 1. The second kappa shape index (κ2) is 4.62. The number of rotatable bonds is 3. The monoisotopic (exact) mass is 272 g/mol. The van der Waals surface area contributed by atoms with Gasteiger partial charge in [-0.05, 0) is 0 Å². The number of H-pyrrole nitrogens is 1. The molecular formula is C7H4ClF3N2O4. The van der Waals surface area contributed by atoms with Gasteiger partial charge in [-0.15, -0.1) is 24.8 Å². The van der Waals surface area contributed by atoms with Gasteiger partial charge < -0.3 is 9.72 Å². The Labute approximate surface area is 96.1 Å². The highest BCUT2D eigenvalue weighted by Crippen LogP contribution is 2.22. The average Bonchev–Trinajstić information content (AvgIpc) is 2.18. The molecule has 0 amide bonds. The molecule has 0 aliphatic rings. The van der Waals surface area contributed by atoms with Crippen molar-refractivity contribution in [2.75, 3.05) is 0 Å². The van der Waals surface area contributed by atoms with Gasteiger partial charge in [-0.25, -0.2) is 0 Å².